The Morgan fingerprint density at radius 3 is 1.75 bits per heavy atom. The van der Waals surface area contributed by atoms with Gasteiger partial charge in [-0.15, -0.1) is 0 Å². The summed E-state index contributed by atoms with van der Waals surface area (Å²) >= 11 is 0. The van der Waals surface area contributed by atoms with Crippen molar-refractivity contribution in [1.29, 1.82) is 0 Å². The van der Waals surface area contributed by atoms with Gasteiger partial charge in [0.25, 0.3) is 0 Å². The summed E-state index contributed by atoms with van der Waals surface area (Å²) in [6, 6.07) is 0. The first-order valence-corrected chi connectivity index (χ1v) is 5.72. The summed E-state index contributed by atoms with van der Waals surface area (Å²) in [7, 11) is 0. The van der Waals surface area contributed by atoms with E-state index in [1.807, 2.05) is 13.8 Å². The third kappa shape index (κ3) is 5.44. The van der Waals surface area contributed by atoms with Crippen LogP contribution < -0.4 is 0 Å². The minimum atomic E-state index is -0.815. The van der Waals surface area contributed by atoms with Gasteiger partial charge in [-0.2, -0.15) is 0 Å². The first kappa shape index (κ1) is 15.3. The molecule has 0 aliphatic rings. The van der Waals surface area contributed by atoms with E-state index >= 15 is 0 Å². The van der Waals surface area contributed by atoms with Crippen molar-refractivity contribution in [1.82, 2.24) is 0 Å². The van der Waals surface area contributed by atoms with E-state index in [0.29, 0.717) is 26.4 Å². The monoisotopic (exact) mass is 234 g/mol. The Kier molecular flexibility index (Phi) is 9.18. The Morgan fingerprint density at radius 2 is 1.38 bits per heavy atom. The number of hydrogen-bond acceptors (Lipinski definition) is 5. The average molecular weight is 234 g/mol. The molecule has 0 aromatic rings. The van der Waals surface area contributed by atoms with Gasteiger partial charge in [0.1, 0.15) is 0 Å². The van der Waals surface area contributed by atoms with E-state index in [2.05, 4.69) is 0 Å². The molecule has 0 aliphatic carbocycles. The van der Waals surface area contributed by atoms with Crippen molar-refractivity contribution in [3.63, 3.8) is 0 Å². The van der Waals surface area contributed by atoms with Crippen LogP contribution in [0.1, 0.15) is 27.7 Å². The zero-order valence-electron chi connectivity index (χ0n) is 10.5. The van der Waals surface area contributed by atoms with E-state index in [9.17, 15) is 4.79 Å². The lowest BCUT2D eigenvalue weighted by molar-refractivity contribution is -0.215. The summed E-state index contributed by atoms with van der Waals surface area (Å²) in [4.78, 5) is 11.6. The third-order valence-electron chi connectivity index (χ3n) is 1.77. The van der Waals surface area contributed by atoms with Crippen LogP contribution in [0.5, 0.6) is 0 Å². The third-order valence-corrected chi connectivity index (χ3v) is 1.77. The molecule has 0 radical (unpaired) electrons. The van der Waals surface area contributed by atoms with Gasteiger partial charge in [0.05, 0.1) is 6.61 Å². The Bertz CT molecular complexity index is 177. The van der Waals surface area contributed by atoms with Gasteiger partial charge in [-0.1, -0.05) is 0 Å². The number of hydrogen-bond donors (Lipinski definition) is 0. The maximum Gasteiger partial charge on any atom is 0.340 e. The lowest BCUT2D eigenvalue weighted by Crippen LogP contribution is -2.41. The molecule has 0 N–H and O–H groups in total. The highest BCUT2D eigenvalue weighted by atomic mass is 16.7. The molecule has 0 heterocycles. The molecule has 0 saturated carbocycles. The van der Waals surface area contributed by atoms with Crippen LogP contribution in [0.4, 0.5) is 0 Å². The molecular formula is C11H22O5. The van der Waals surface area contributed by atoms with Crippen molar-refractivity contribution in [3.8, 4) is 0 Å². The highest BCUT2D eigenvalue weighted by Crippen LogP contribution is 2.09. The molecule has 1 unspecified atom stereocenters. The van der Waals surface area contributed by atoms with Crippen LogP contribution in [0, 0.1) is 0 Å². The van der Waals surface area contributed by atoms with Crippen molar-refractivity contribution in [3.05, 3.63) is 0 Å². The zero-order valence-corrected chi connectivity index (χ0v) is 10.5. The molecule has 0 amide bonds. The van der Waals surface area contributed by atoms with Gasteiger partial charge in [-0.25, -0.2) is 4.79 Å². The molecule has 1 atom stereocenters. The Labute approximate surface area is 97.0 Å². The molecule has 5 heteroatoms. The summed E-state index contributed by atoms with van der Waals surface area (Å²) in [5.41, 5.74) is 0. The quantitative estimate of drug-likeness (QED) is 0.445. The molecule has 0 fully saturated rings. The second-order valence-electron chi connectivity index (χ2n) is 2.91. The molecular weight excluding hydrogens is 212 g/mol. The Balaban J connectivity index is 4.47. The number of ether oxygens (including phenoxy) is 4. The van der Waals surface area contributed by atoms with Gasteiger partial charge < -0.3 is 18.9 Å². The van der Waals surface area contributed by atoms with Crippen molar-refractivity contribution >= 4 is 5.97 Å². The van der Waals surface area contributed by atoms with Crippen molar-refractivity contribution in [2.45, 2.75) is 40.1 Å². The fraction of sp³-hybridized carbons (Fsp3) is 0.909. The Morgan fingerprint density at radius 1 is 0.875 bits per heavy atom. The van der Waals surface area contributed by atoms with E-state index in [1.165, 1.54) is 0 Å². The summed E-state index contributed by atoms with van der Waals surface area (Å²) < 4.78 is 20.8. The van der Waals surface area contributed by atoms with Crippen LogP contribution >= 0.6 is 0 Å². The first-order valence-electron chi connectivity index (χ1n) is 5.72. The molecule has 16 heavy (non-hydrogen) atoms. The Hall–Kier alpha value is -0.650. The fourth-order valence-electron chi connectivity index (χ4n) is 1.21. The molecule has 0 bridgehead atoms. The lowest BCUT2D eigenvalue weighted by atomic mass is 10.3. The van der Waals surface area contributed by atoms with Gasteiger partial charge in [0.15, 0.2) is 6.29 Å². The van der Waals surface area contributed by atoms with Crippen LogP contribution in [-0.4, -0.2) is 44.8 Å². The van der Waals surface area contributed by atoms with Gasteiger partial charge in [-0.3, -0.25) is 0 Å². The molecule has 5 nitrogen and oxygen atoms in total. The molecule has 0 spiro atoms. The fourth-order valence-corrected chi connectivity index (χ4v) is 1.21. The summed E-state index contributed by atoms with van der Waals surface area (Å²) in [6.07, 6.45) is -1.51. The van der Waals surface area contributed by atoms with Gasteiger partial charge >= 0.3 is 5.97 Å². The van der Waals surface area contributed by atoms with Crippen LogP contribution in [0.15, 0.2) is 0 Å². The second-order valence-corrected chi connectivity index (χ2v) is 2.91. The highest BCUT2D eigenvalue weighted by molar-refractivity contribution is 5.75. The molecule has 0 aromatic carbocycles. The predicted molar refractivity (Wildman–Crippen MR) is 59.1 cm³/mol. The van der Waals surface area contributed by atoms with E-state index in [0.717, 1.165) is 0 Å². The molecule has 0 aliphatic heterocycles. The normalized spacial score (nSPS) is 12.8. The number of carbonyl (C=O) groups is 1. The van der Waals surface area contributed by atoms with Crippen LogP contribution in [0.25, 0.3) is 0 Å². The summed E-state index contributed by atoms with van der Waals surface area (Å²) in [5.74, 6) is -0.448. The molecule has 96 valence electrons. The van der Waals surface area contributed by atoms with Crippen LogP contribution in [0.3, 0.4) is 0 Å². The van der Waals surface area contributed by atoms with E-state index in [1.54, 1.807) is 13.8 Å². The van der Waals surface area contributed by atoms with E-state index in [4.69, 9.17) is 18.9 Å². The maximum absolute atomic E-state index is 11.6. The largest absolute Gasteiger partial charge is 0.464 e. The van der Waals surface area contributed by atoms with E-state index < -0.39 is 18.4 Å². The first-order chi connectivity index (χ1) is 7.71. The second kappa shape index (κ2) is 9.57. The van der Waals surface area contributed by atoms with Crippen molar-refractivity contribution in [2.75, 3.05) is 26.4 Å². The summed E-state index contributed by atoms with van der Waals surface area (Å²) in [5, 5.41) is 0. The average Bonchev–Trinajstić information content (AvgIpc) is 2.26. The maximum atomic E-state index is 11.6. The highest BCUT2D eigenvalue weighted by Gasteiger charge is 2.31. The lowest BCUT2D eigenvalue weighted by Gasteiger charge is -2.24. The molecule has 0 aromatic heterocycles. The predicted octanol–water partition coefficient (Wildman–Crippen LogP) is 1.35. The minimum Gasteiger partial charge on any atom is -0.464 e. The van der Waals surface area contributed by atoms with Gasteiger partial charge in [-0.05, 0) is 27.7 Å². The zero-order chi connectivity index (χ0) is 12.4. The topological polar surface area (TPSA) is 54.0 Å². The van der Waals surface area contributed by atoms with Crippen LogP contribution in [0.2, 0.25) is 0 Å². The van der Waals surface area contributed by atoms with Crippen molar-refractivity contribution in [2.24, 2.45) is 0 Å². The van der Waals surface area contributed by atoms with E-state index in [-0.39, 0.29) is 0 Å². The summed E-state index contributed by atoms with van der Waals surface area (Å²) in [6.45, 7) is 8.84. The molecule has 0 saturated heterocycles. The van der Waals surface area contributed by atoms with Crippen LogP contribution in [-0.2, 0) is 23.7 Å². The SMILES string of the molecule is CCOC(=O)C(OCC)C(OCC)OCC. The smallest absolute Gasteiger partial charge is 0.340 e. The molecule has 0 rings (SSSR count). The standard InChI is InChI=1S/C11H22O5/c1-5-13-9(10(12)14-6-2)11(15-7-3)16-8-4/h9,11H,5-8H2,1-4H3. The number of esters is 1. The van der Waals surface area contributed by atoms with Gasteiger partial charge in [0, 0.05) is 19.8 Å². The van der Waals surface area contributed by atoms with Crippen molar-refractivity contribution < 1.29 is 23.7 Å². The number of rotatable bonds is 9. The number of carbonyl (C=O) groups excluding carboxylic acids is 1. The minimum absolute atomic E-state index is 0.313. The van der Waals surface area contributed by atoms with Gasteiger partial charge in [0.2, 0.25) is 6.10 Å².